The highest BCUT2D eigenvalue weighted by Crippen LogP contribution is 2.54. The lowest BCUT2D eigenvalue weighted by Gasteiger charge is -2.30. The van der Waals surface area contributed by atoms with Crippen molar-refractivity contribution in [1.82, 2.24) is 4.57 Å². The standard InChI is InChI=1S/C32H23F4N3O6S2/c1-2-45-30(43)17-8-12-20(13-9-17)37-22(40)15-38-29-26(47-31(38)44)23(16-6-10-19(33)11-7-16)24-25(46-29)28(42)39(27(24)41)21-5-3-4-18(14-21)32(34,35)36/h3-14,23-25H,2,15H2,1H3,(H,37,40)/t23-,24-,25+/m0/s1. The van der Waals surface area contributed by atoms with Crippen molar-refractivity contribution in [3.05, 3.63) is 110 Å². The van der Waals surface area contributed by atoms with Crippen molar-refractivity contribution in [3.63, 3.8) is 0 Å². The highest BCUT2D eigenvalue weighted by atomic mass is 32.2. The second-order valence-electron chi connectivity index (χ2n) is 10.6. The highest BCUT2D eigenvalue weighted by molar-refractivity contribution is 8.00. The molecule has 3 atom stereocenters. The minimum absolute atomic E-state index is 0.196. The number of amides is 3. The Morgan fingerprint density at radius 1 is 0.957 bits per heavy atom. The Bertz CT molecular complexity index is 1960. The SMILES string of the molecule is CCOC(=O)c1ccc(NC(=O)Cn2c3c(sc2=O)[C@@H](c2ccc(F)cc2)[C@@H]2C(=O)N(c4cccc(C(F)(F)F)c4)C(=O)[C@@H]2S3)cc1. The summed E-state index contributed by atoms with van der Waals surface area (Å²) in [4.78, 5) is 66.6. The molecule has 242 valence electrons. The second-order valence-corrected chi connectivity index (χ2v) is 12.7. The van der Waals surface area contributed by atoms with Gasteiger partial charge in [-0.1, -0.05) is 41.3 Å². The van der Waals surface area contributed by atoms with Crippen LogP contribution in [0.3, 0.4) is 0 Å². The van der Waals surface area contributed by atoms with Crippen molar-refractivity contribution in [2.45, 2.75) is 35.8 Å². The van der Waals surface area contributed by atoms with Crippen molar-refractivity contribution in [2.24, 2.45) is 5.92 Å². The number of fused-ring (bicyclic) bond motifs is 2. The summed E-state index contributed by atoms with van der Waals surface area (Å²) in [5, 5.41) is 1.74. The smallest absolute Gasteiger partial charge is 0.416 e. The van der Waals surface area contributed by atoms with Crippen LogP contribution < -0.4 is 15.1 Å². The molecule has 9 nitrogen and oxygen atoms in total. The number of aromatic nitrogens is 1. The Morgan fingerprint density at radius 3 is 2.32 bits per heavy atom. The number of ether oxygens (including phenoxy) is 1. The first-order valence-electron chi connectivity index (χ1n) is 14.1. The quantitative estimate of drug-likeness (QED) is 0.151. The lowest BCUT2D eigenvalue weighted by Crippen LogP contribution is -2.33. The summed E-state index contributed by atoms with van der Waals surface area (Å²) >= 11 is 1.66. The largest absolute Gasteiger partial charge is 0.462 e. The Balaban J connectivity index is 1.34. The summed E-state index contributed by atoms with van der Waals surface area (Å²) in [6.07, 6.45) is -4.72. The van der Waals surface area contributed by atoms with E-state index in [2.05, 4.69) is 5.32 Å². The van der Waals surface area contributed by atoms with Crippen LogP contribution in [-0.4, -0.2) is 40.1 Å². The maximum absolute atomic E-state index is 13.9. The van der Waals surface area contributed by atoms with E-state index >= 15 is 0 Å². The van der Waals surface area contributed by atoms with E-state index in [1.165, 1.54) is 47.0 Å². The fourth-order valence-corrected chi connectivity index (χ4v) is 8.38. The Labute approximate surface area is 272 Å². The van der Waals surface area contributed by atoms with Gasteiger partial charge in [0.25, 0.3) is 0 Å². The van der Waals surface area contributed by atoms with Gasteiger partial charge in [0.15, 0.2) is 0 Å². The maximum atomic E-state index is 13.9. The van der Waals surface area contributed by atoms with E-state index in [1.807, 2.05) is 0 Å². The predicted octanol–water partition coefficient (Wildman–Crippen LogP) is 5.68. The van der Waals surface area contributed by atoms with Gasteiger partial charge in [-0.15, -0.1) is 0 Å². The summed E-state index contributed by atoms with van der Waals surface area (Å²) in [5.41, 5.74) is -0.264. The molecule has 3 aromatic carbocycles. The predicted molar refractivity (Wildman–Crippen MR) is 165 cm³/mol. The van der Waals surface area contributed by atoms with Crippen LogP contribution in [0, 0.1) is 11.7 Å². The molecule has 2 aliphatic heterocycles. The molecule has 15 heteroatoms. The van der Waals surface area contributed by atoms with Gasteiger partial charge in [-0.3, -0.25) is 23.7 Å². The number of hydrogen-bond acceptors (Lipinski definition) is 8. The number of alkyl halides is 3. The van der Waals surface area contributed by atoms with E-state index in [0.717, 1.165) is 58.3 Å². The van der Waals surface area contributed by atoms with Crippen molar-refractivity contribution in [3.8, 4) is 0 Å². The number of nitrogens with zero attached hydrogens (tertiary/aromatic N) is 2. The highest BCUT2D eigenvalue weighted by Gasteiger charge is 2.57. The number of benzene rings is 3. The van der Waals surface area contributed by atoms with E-state index in [9.17, 15) is 41.5 Å². The number of anilines is 2. The van der Waals surface area contributed by atoms with Crippen molar-refractivity contribution >= 4 is 58.2 Å². The molecule has 4 aromatic rings. The molecule has 1 saturated heterocycles. The number of hydrogen-bond donors (Lipinski definition) is 1. The molecule has 1 aromatic heterocycles. The molecule has 6 rings (SSSR count). The number of esters is 1. The molecular weight excluding hydrogens is 662 g/mol. The van der Waals surface area contributed by atoms with Crippen molar-refractivity contribution in [2.75, 3.05) is 16.8 Å². The number of nitrogens with one attached hydrogen (secondary N) is 1. The second kappa shape index (κ2) is 12.4. The molecule has 1 N–H and O–H groups in total. The van der Waals surface area contributed by atoms with Crippen LogP contribution in [0.5, 0.6) is 0 Å². The average Bonchev–Trinajstić information content (AvgIpc) is 3.47. The third kappa shape index (κ3) is 6.07. The summed E-state index contributed by atoms with van der Waals surface area (Å²) in [5.74, 6) is -5.29. The summed E-state index contributed by atoms with van der Waals surface area (Å²) in [6, 6.07) is 15.0. The van der Waals surface area contributed by atoms with Crippen molar-refractivity contribution in [1.29, 1.82) is 0 Å². The number of thiazole rings is 1. The van der Waals surface area contributed by atoms with Crippen LogP contribution >= 0.6 is 23.1 Å². The molecule has 0 bridgehead atoms. The van der Waals surface area contributed by atoms with E-state index in [1.54, 1.807) is 6.92 Å². The first-order chi connectivity index (χ1) is 22.4. The maximum Gasteiger partial charge on any atom is 0.416 e. The topological polar surface area (TPSA) is 115 Å². The van der Waals surface area contributed by atoms with Crippen LogP contribution in [0.25, 0.3) is 0 Å². The monoisotopic (exact) mass is 685 g/mol. The third-order valence-corrected chi connectivity index (χ3v) is 10.3. The average molecular weight is 686 g/mol. The first kappa shape index (κ1) is 32.2. The molecular formula is C32H23F4N3O6S2. The third-order valence-electron chi connectivity index (χ3n) is 7.69. The molecule has 0 aliphatic carbocycles. The zero-order valence-corrected chi connectivity index (χ0v) is 25.9. The van der Waals surface area contributed by atoms with Gasteiger partial charge in [0.1, 0.15) is 17.6 Å². The van der Waals surface area contributed by atoms with E-state index in [4.69, 9.17) is 4.74 Å². The minimum atomic E-state index is -4.72. The van der Waals surface area contributed by atoms with Crippen LogP contribution in [0.15, 0.2) is 82.6 Å². The number of rotatable bonds is 7. The fraction of sp³-hybridized carbons (Fsp3) is 0.219. The lowest BCUT2D eigenvalue weighted by atomic mass is 9.83. The van der Waals surface area contributed by atoms with Gasteiger partial charge in [0.05, 0.1) is 34.4 Å². The molecule has 3 amide bonds. The van der Waals surface area contributed by atoms with E-state index in [-0.39, 0.29) is 22.9 Å². The van der Waals surface area contributed by atoms with Crippen LogP contribution in [0.1, 0.15) is 39.2 Å². The molecule has 1 fully saturated rings. The normalized spacial score (nSPS) is 18.9. The zero-order valence-electron chi connectivity index (χ0n) is 24.2. The molecule has 3 heterocycles. The van der Waals surface area contributed by atoms with Gasteiger partial charge in [-0.2, -0.15) is 13.2 Å². The molecule has 0 unspecified atom stereocenters. The molecule has 0 radical (unpaired) electrons. The Kier molecular flexibility index (Phi) is 8.53. The zero-order chi connectivity index (χ0) is 33.6. The van der Waals surface area contributed by atoms with E-state index in [0.29, 0.717) is 16.1 Å². The van der Waals surface area contributed by atoms with Gasteiger partial charge in [-0.05, 0) is 67.1 Å². The van der Waals surface area contributed by atoms with Crippen LogP contribution in [-0.2, 0) is 31.8 Å². The minimum Gasteiger partial charge on any atom is -0.462 e. The molecule has 47 heavy (non-hydrogen) atoms. The van der Waals surface area contributed by atoms with Crippen LogP contribution in [0.2, 0.25) is 0 Å². The number of imide groups is 1. The Morgan fingerprint density at radius 2 is 1.66 bits per heavy atom. The number of carbonyl (C=O) groups excluding carboxylic acids is 4. The van der Waals surface area contributed by atoms with E-state index < -0.39 is 69.8 Å². The van der Waals surface area contributed by atoms with Crippen molar-refractivity contribution < 1.29 is 41.5 Å². The van der Waals surface area contributed by atoms with Gasteiger partial charge < -0.3 is 10.1 Å². The van der Waals surface area contributed by atoms with Gasteiger partial charge >= 0.3 is 17.0 Å². The molecule has 2 aliphatic rings. The van der Waals surface area contributed by atoms with Gasteiger partial charge in [-0.25, -0.2) is 14.1 Å². The Hall–Kier alpha value is -4.76. The summed E-state index contributed by atoms with van der Waals surface area (Å²) < 4.78 is 60.5. The molecule has 0 saturated carbocycles. The summed E-state index contributed by atoms with van der Waals surface area (Å²) in [7, 11) is 0. The van der Waals surface area contributed by atoms with Crippen LogP contribution in [0.4, 0.5) is 28.9 Å². The molecule has 0 spiro atoms. The first-order valence-corrected chi connectivity index (χ1v) is 15.8. The fourth-order valence-electron chi connectivity index (χ4n) is 5.61. The summed E-state index contributed by atoms with van der Waals surface area (Å²) in [6.45, 7) is 1.40. The number of carbonyl (C=O) groups is 4. The van der Waals surface area contributed by atoms with Gasteiger partial charge in [0, 0.05) is 16.5 Å². The number of thioether (sulfide) groups is 1. The lowest BCUT2D eigenvalue weighted by molar-refractivity contribution is -0.137. The number of halogens is 4. The van der Waals surface area contributed by atoms with Gasteiger partial charge in [0.2, 0.25) is 17.7 Å².